The summed E-state index contributed by atoms with van der Waals surface area (Å²) in [5.74, 6) is 0.397. The summed E-state index contributed by atoms with van der Waals surface area (Å²) in [6.07, 6.45) is 0. The third-order valence-electron chi connectivity index (χ3n) is 5.87. The molecule has 0 saturated heterocycles. The topological polar surface area (TPSA) is 91.4 Å². The summed E-state index contributed by atoms with van der Waals surface area (Å²) in [6.45, 7) is 5.57. The van der Waals surface area contributed by atoms with Crippen LogP contribution in [0.15, 0.2) is 35.2 Å². The maximum Gasteiger partial charge on any atom is 0.248 e. The first kappa shape index (κ1) is 30.9. The van der Waals surface area contributed by atoms with E-state index in [9.17, 15) is 13.2 Å². The van der Waals surface area contributed by atoms with Crippen molar-refractivity contribution in [2.75, 3.05) is 73.5 Å². The van der Waals surface area contributed by atoms with Crippen LogP contribution in [0.4, 0.5) is 5.69 Å². The molecule has 2 aromatic rings. The van der Waals surface area contributed by atoms with Crippen molar-refractivity contribution < 1.29 is 22.7 Å². The molecule has 1 amide bonds. The molecule has 11 heteroatoms. The summed E-state index contributed by atoms with van der Waals surface area (Å²) in [6, 6.07) is 9.07. The lowest BCUT2D eigenvalue weighted by Crippen LogP contribution is -2.33. The van der Waals surface area contributed by atoms with Crippen molar-refractivity contribution in [1.82, 2.24) is 14.1 Å². The number of ether oxygens (including phenoxy) is 2. The van der Waals surface area contributed by atoms with Crippen molar-refractivity contribution in [2.24, 2.45) is 0 Å². The molecule has 2 rings (SSSR count). The van der Waals surface area contributed by atoms with Gasteiger partial charge in [-0.25, -0.2) is 8.42 Å². The van der Waals surface area contributed by atoms with Crippen molar-refractivity contribution in [3.63, 3.8) is 0 Å². The highest BCUT2D eigenvalue weighted by molar-refractivity contribution is 7.89. The largest absolute Gasteiger partial charge is 0.497 e. The van der Waals surface area contributed by atoms with Gasteiger partial charge in [0.15, 0.2) is 0 Å². The van der Waals surface area contributed by atoms with Crippen LogP contribution in [-0.2, 0) is 26.1 Å². The molecule has 0 aliphatic carbocycles. The maximum atomic E-state index is 13.1. The zero-order valence-corrected chi connectivity index (χ0v) is 24.4. The Morgan fingerprint density at radius 3 is 2.24 bits per heavy atom. The van der Waals surface area contributed by atoms with Crippen molar-refractivity contribution >= 4 is 33.2 Å². The molecule has 1 N–H and O–H groups in total. The lowest BCUT2D eigenvalue weighted by Gasteiger charge is -2.21. The Balaban J connectivity index is 1.84. The Morgan fingerprint density at radius 2 is 1.68 bits per heavy atom. The number of carbonyl (C=O) groups is 1. The van der Waals surface area contributed by atoms with Gasteiger partial charge in [0.2, 0.25) is 15.9 Å². The number of nitrogens with zero attached hydrogens (tertiary/aromatic N) is 3. The van der Waals surface area contributed by atoms with Gasteiger partial charge >= 0.3 is 0 Å². The number of hydrogen-bond donors (Lipinski definition) is 1. The molecule has 0 radical (unpaired) electrons. The first-order valence-electron chi connectivity index (χ1n) is 12.0. The molecule has 0 aromatic heterocycles. The number of halogens is 1. The number of nitrogens with one attached hydrogen (secondary N) is 1. The highest BCUT2D eigenvalue weighted by Gasteiger charge is 2.25. The molecular formula is C26H39ClN4O5S. The Bertz CT molecular complexity index is 1150. The Hall–Kier alpha value is -2.37. The van der Waals surface area contributed by atoms with Crippen LogP contribution in [-0.4, -0.2) is 96.6 Å². The predicted octanol–water partition coefficient (Wildman–Crippen LogP) is 3.23. The molecule has 206 valence electrons. The smallest absolute Gasteiger partial charge is 0.248 e. The zero-order valence-electron chi connectivity index (χ0n) is 22.8. The molecule has 0 unspecified atom stereocenters. The van der Waals surface area contributed by atoms with Gasteiger partial charge in [-0.1, -0.05) is 17.7 Å². The van der Waals surface area contributed by atoms with E-state index in [-0.39, 0.29) is 30.6 Å². The van der Waals surface area contributed by atoms with Gasteiger partial charge in [-0.05, 0) is 68.9 Å². The molecule has 37 heavy (non-hydrogen) atoms. The standard InChI is InChI=1S/C26H39ClN4O5S/c1-19-14-22(35-7)15-20(2)26(19)37(33,34)31(6)12-13-36-18-25(32)30(5)17-21-8-9-24(23(27)16-21)28-10-11-29(3)4/h8-9,14-16,28H,10-13,17-18H2,1-7H3. The SMILES string of the molecule is COc1cc(C)c(S(=O)(=O)N(C)CCOCC(=O)N(C)Cc2ccc(NCCN(C)C)c(Cl)c2)c(C)c1. The minimum absolute atomic E-state index is 0.0860. The number of aryl methyl sites for hydroxylation is 2. The first-order chi connectivity index (χ1) is 17.4. The second kappa shape index (κ2) is 14.0. The van der Waals surface area contributed by atoms with E-state index in [1.54, 1.807) is 45.0 Å². The van der Waals surface area contributed by atoms with Crippen LogP contribution >= 0.6 is 11.6 Å². The summed E-state index contributed by atoms with van der Waals surface area (Å²) in [5, 5.41) is 3.89. The molecule has 9 nitrogen and oxygen atoms in total. The molecule has 0 bridgehead atoms. The average Bonchev–Trinajstić information content (AvgIpc) is 2.81. The summed E-state index contributed by atoms with van der Waals surface area (Å²) >= 11 is 6.39. The van der Waals surface area contributed by atoms with Crippen molar-refractivity contribution in [3.05, 3.63) is 52.0 Å². The van der Waals surface area contributed by atoms with Gasteiger partial charge in [-0.3, -0.25) is 4.79 Å². The van der Waals surface area contributed by atoms with Gasteiger partial charge in [0, 0.05) is 40.3 Å². The summed E-state index contributed by atoms with van der Waals surface area (Å²) < 4.78 is 38.1. The number of anilines is 1. The zero-order chi connectivity index (χ0) is 27.8. The van der Waals surface area contributed by atoms with E-state index in [2.05, 4.69) is 10.2 Å². The van der Waals surface area contributed by atoms with Crippen LogP contribution in [0.2, 0.25) is 5.02 Å². The first-order valence-corrected chi connectivity index (χ1v) is 13.8. The predicted molar refractivity (Wildman–Crippen MR) is 148 cm³/mol. The third-order valence-corrected chi connectivity index (χ3v) is 8.34. The molecule has 0 saturated carbocycles. The number of sulfonamides is 1. The summed E-state index contributed by atoms with van der Waals surface area (Å²) in [5.41, 5.74) is 2.97. The van der Waals surface area contributed by atoms with E-state index in [0.717, 1.165) is 24.3 Å². The molecule has 0 spiro atoms. The fourth-order valence-electron chi connectivity index (χ4n) is 3.75. The molecule has 0 aliphatic rings. The minimum Gasteiger partial charge on any atom is -0.497 e. The van der Waals surface area contributed by atoms with Crippen LogP contribution in [0.5, 0.6) is 5.75 Å². The number of rotatable bonds is 14. The van der Waals surface area contributed by atoms with E-state index in [1.165, 1.54) is 11.4 Å². The van der Waals surface area contributed by atoms with Gasteiger partial charge in [0.05, 0.1) is 29.3 Å². The Kier molecular flexibility index (Phi) is 11.6. The quantitative estimate of drug-likeness (QED) is 0.358. The normalized spacial score (nSPS) is 11.7. The van der Waals surface area contributed by atoms with Gasteiger partial charge in [0.1, 0.15) is 12.4 Å². The molecule has 2 aromatic carbocycles. The molecule has 0 aliphatic heterocycles. The lowest BCUT2D eigenvalue weighted by atomic mass is 10.1. The fraction of sp³-hybridized carbons (Fsp3) is 0.500. The molecule has 0 fully saturated rings. The van der Waals surface area contributed by atoms with Gasteiger partial charge in [-0.2, -0.15) is 4.31 Å². The lowest BCUT2D eigenvalue weighted by molar-refractivity contribution is -0.135. The fourth-order valence-corrected chi connectivity index (χ4v) is 5.58. The highest BCUT2D eigenvalue weighted by Crippen LogP contribution is 2.27. The van der Waals surface area contributed by atoms with Gasteiger partial charge in [-0.15, -0.1) is 0 Å². The van der Waals surface area contributed by atoms with Crippen molar-refractivity contribution in [2.45, 2.75) is 25.3 Å². The maximum absolute atomic E-state index is 13.1. The number of amides is 1. The van der Waals surface area contributed by atoms with Gasteiger partial charge < -0.3 is 24.6 Å². The Morgan fingerprint density at radius 1 is 1.03 bits per heavy atom. The number of methoxy groups -OCH3 is 1. The van der Waals surface area contributed by atoms with Crippen LogP contribution in [0.25, 0.3) is 0 Å². The second-order valence-corrected chi connectivity index (χ2v) is 11.7. The average molecular weight is 555 g/mol. The highest BCUT2D eigenvalue weighted by atomic mass is 35.5. The summed E-state index contributed by atoms with van der Waals surface area (Å²) in [7, 11) is 5.03. The summed E-state index contributed by atoms with van der Waals surface area (Å²) in [4.78, 5) is 16.4. The van der Waals surface area contributed by atoms with Crippen LogP contribution < -0.4 is 10.1 Å². The van der Waals surface area contributed by atoms with E-state index in [0.29, 0.717) is 28.4 Å². The minimum atomic E-state index is -3.72. The number of carbonyl (C=O) groups excluding carboxylic acids is 1. The van der Waals surface area contributed by atoms with E-state index in [4.69, 9.17) is 21.1 Å². The Labute approximate surface area is 226 Å². The van der Waals surface area contributed by atoms with Gasteiger partial charge in [0.25, 0.3) is 0 Å². The monoisotopic (exact) mass is 554 g/mol. The number of hydrogen-bond acceptors (Lipinski definition) is 7. The van der Waals surface area contributed by atoms with Crippen LogP contribution in [0.3, 0.4) is 0 Å². The van der Waals surface area contributed by atoms with E-state index >= 15 is 0 Å². The molecular weight excluding hydrogens is 516 g/mol. The van der Waals surface area contributed by atoms with Crippen molar-refractivity contribution in [1.29, 1.82) is 0 Å². The molecule has 0 atom stereocenters. The van der Waals surface area contributed by atoms with Crippen LogP contribution in [0, 0.1) is 13.8 Å². The third kappa shape index (κ3) is 8.86. The van der Waals surface area contributed by atoms with Crippen molar-refractivity contribution in [3.8, 4) is 5.75 Å². The second-order valence-electron chi connectivity index (χ2n) is 9.26. The van der Waals surface area contributed by atoms with Crippen LogP contribution in [0.1, 0.15) is 16.7 Å². The van der Waals surface area contributed by atoms with E-state index in [1.807, 2.05) is 32.3 Å². The van der Waals surface area contributed by atoms with E-state index < -0.39 is 10.0 Å². The molecule has 0 heterocycles. The number of likely N-dealkylation sites (N-methyl/N-ethyl adjacent to an activating group) is 3. The number of benzene rings is 2.